The Morgan fingerprint density at radius 2 is 1.60 bits per heavy atom. The number of hydrogen-bond acceptors (Lipinski definition) is 6. The van der Waals surface area contributed by atoms with Crippen molar-refractivity contribution in [1.29, 1.82) is 0 Å². The van der Waals surface area contributed by atoms with Crippen LogP contribution in [-0.2, 0) is 15.1 Å². The Morgan fingerprint density at radius 3 is 2.06 bits per heavy atom. The number of rotatable bonds is 9. The molecule has 1 heterocycles. The number of hydrogen-bond donors (Lipinski definition) is 1. The number of carbonyl (C=O) groups excluding carboxylic acids is 2. The third-order valence-electron chi connectivity index (χ3n) is 5.19. The Bertz CT molecular complexity index is 1010. The van der Waals surface area contributed by atoms with Crippen molar-refractivity contribution >= 4 is 11.9 Å². The Labute approximate surface area is 209 Å². The maximum Gasteiger partial charge on any atom is 0.308 e. The fourth-order valence-electron chi connectivity index (χ4n) is 3.89. The van der Waals surface area contributed by atoms with Crippen molar-refractivity contribution in [1.82, 2.24) is 15.1 Å². The van der Waals surface area contributed by atoms with Crippen LogP contribution in [0.1, 0.15) is 78.7 Å². The first-order chi connectivity index (χ1) is 16.2. The van der Waals surface area contributed by atoms with Crippen molar-refractivity contribution in [2.75, 3.05) is 14.2 Å². The van der Waals surface area contributed by atoms with E-state index in [0.717, 1.165) is 0 Å². The Kier molecular flexibility index (Phi) is 8.98. The summed E-state index contributed by atoms with van der Waals surface area (Å²) in [5.41, 5.74) is 0.558. The number of amides is 1. The van der Waals surface area contributed by atoms with Crippen molar-refractivity contribution in [3.63, 3.8) is 0 Å². The molecule has 0 aliphatic carbocycles. The lowest BCUT2D eigenvalue weighted by Gasteiger charge is -2.25. The molecular formula is C27H41N3O5. The van der Waals surface area contributed by atoms with E-state index in [2.05, 4.69) is 19.2 Å². The predicted octanol–water partition coefficient (Wildman–Crippen LogP) is 5.20. The van der Waals surface area contributed by atoms with E-state index in [1.165, 1.54) is 0 Å². The minimum atomic E-state index is -0.586. The van der Waals surface area contributed by atoms with Gasteiger partial charge in [0.05, 0.1) is 31.7 Å². The molecule has 1 amide bonds. The van der Waals surface area contributed by atoms with Gasteiger partial charge >= 0.3 is 5.97 Å². The number of benzene rings is 1. The molecule has 0 fully saturated rings. The molecule has 0 saturated heterocycles. The lowest BCUT2D eigenvalue weighted by Crippen LogP contribution is -2.41. The van der Waals surface area contributed by atoms with E-state index < -0.39 is 11.1 Å². The Balaban J connectivity index is 2.46. The summed E-state index contributed by atoms with van der Waals surface area (Å²) in [6.45, 7) is 15.5. The van der Waals surface area contributed by atoms with E-state index in [4.69, 9.17) is 19.3 Å². The zero-order valence-corrected chi connectivity index (χ0v) is 22.8. The number of aromatic nitrogens is 2. The van der Waals surface area contributed by atoms with Crippen molar-refractivity contribution in [3.8, 4) is 22.8 Å². The van der Waals surface area contributed by atoms with Gasteiger partial charge in [-0.15, -0.1) is 0 Å². The van der Waals surface area contributed by atoms with Crippen molar-refractivity contribution in [2.45, 2.75) is 85.4 Å². The average Bonchev–Trinajstić information content (AvgIpc) is 3.16. The van der Waals surface area contributed by atoms with E-state index in [-0.39, 0.29) is 30.3 Å². The Hall–Kier alpha value is -3.03. The molecule has 0 aliphatic heterocycles. The molecule has 35 heavy (non-hydrogen) atoms. The van der Waals surface area contributed by atoms with E-state index in [0.29, 0.717) is 34.9 Å². The largest absolute Gasteiger partial charge is 0.496 e. The molecule has 0 spiro atoms. The summed E-state index contributed by atoms with van der Waals surface area (Å²) in [6, 6.07) is 6.86. The first kappa shape index (κ1) is 28.2. The Morgan fingerprint density at radius 1 is 1.03 bits per heavy atom. The molecule has 1 atom stereocenters. The maximum absolute atomic E-state index is 13.5. The molecule has 1 aromatic heterocycles. The van der Waals surface area contributed by atoms with E-state index in [9.17, 15) is 9.59 Å². The van der Waals surface area contributed by atoms with Gasteiger partial charge in [-0.2, -0.15) is 5.10 Å². The molecule has 0 saturated carbocycles. The van der Waals surface area contributed by atoms with Crippen molar-refractivity contribution < 1.29 is 23.8 Å². The molecule has 8 nitrogen and oxygen atoms in total. The van der Waals surface area contributed by atoms with Gasteiger partial charge in [0.25, 0.3) is 5.91 Å². The summed E-state index contributed by atoms with van der Waals surface area (Å²) >= 11 is 0. The van der Waals surface area contributed by atoms with Gasteiger partial charge in [-0.25, -0.2) is 0 Å². The number of ether oxygens (including phenoxy) is 3. The molecule has 194 valence electrons. The lowest BCUT2D eigenvalue weighted by atomic mass is 10.0. The summed E-state index contributed by atoms with van der Waals surface area (Å²) in [6.07, 6.45) is 0.736. The lowest BCUT2D eigenvalue weighted by molar-refractivity contribution is -0.155. The average molecular weight is 488 g/mol. The van der Waals surface area contributed by atoms with E-state index in [1.54, 1.807) is 25.0 Å². The number of nitrogens with zero attached hydrogens (tertiary/aromatic N) is 2. The van der Waals surface area contributed by atoms with Crippen LogP contribution < -0.4 is 14.8 Å². The summed E-state index contributed by atoms with van der Waals surface area (Å²) in [5.74, 6) is 0.826. The van der Waals surface area contributed by atoms with Crippen LogP contribution in [0.25, 0.3) is 11.3 Å². The topological polar surface area (TPSA) is 91.7 Å². The number of carbonyl (C=O) groups is 2. The minimum absolute atomic E-state index is 0.0953. The number of methoxy groups -OCH3 is 2. The standard InChI is InChI=1S/C27H41N3O5/c1-17(2)14-18(15-23(31)35-27(6,7)8)28-25(32)20-16-19(29-30(20)26(3,4)5)24-21(33-9)12-11-13-22(24)34-10/h11-13,16-18H,14-15H2,1-10H3,(H,28,32)/t18-/m0/s1. The summed E-state index contributed by atoms with van der Waals surface area (Å²) in [4.78, 5) is 26.0. The molecule has 0 bridgehead atoms. The van der Waals surface area contributed by atoms with Crippen LogP contribution in [-0.4, -0.2) is 47.5 Å². The second-order valence-corrected chi connectivity index (χ2v) is 11.1. The molecule has 1 aromatic carbocycles. The SMILES string of the molecule is COc1cccc(OC)c1-c1cc(C(=O)N[C@H](CC(=O)OC(C)(C)C)CC(C)C)n(C(C)(C)C)n1. The minimum Gasteiger partial charge on any atom is -0.496 e. The van der Waals surface area contributed by atoms with Gasteiger partial charge in [-0.1, -0.05) is 19.9 Å². The molecule has 0 unspecified atom stereocenters. The molecule has 2 aromatic rings. The first-order valence-electron chi connectivity index (χ1n) is 12.0. The van der Waals surface area contributed by atoms with Gasteiger partial charge < -0.3 is 19.5 Å². The van der Waals surface area contributed by atoms with Gasteiger partial charge in [0.15, 0.2) is 0 Å². The third-order valence-corrected chi connectivity index (χ3v) is 5.19. The van der Waals surface area contributed by atoms with Gasteiger partial charge in [-0.3, -0.25) is 14.3 Å². The highest BCUT2D eigenvalue weighted by Crippen LogP contribution is 2.38. The molecule has 0 radical (unpaired) electrons. The smallest absolute Gasteiger partial charge is 0.308 e. The zero-order chi connectivity index (χ0) is 26.6. The van der Waals surface area contributed by atoms with E-state index >= 15 is 0 Å². The van der Waals surface area contributed by atoms with Gasteiger partial charge in [0, 0.05) is 6.04 Å². The molecule has 0 aliphatic rings. The zero-order valence-electron chi connectivity index (χ0n) is 22.8. The number of esters is 1. The second kappa shape index (κ2) is 11.1. The second-order valence-electron chi connectivity index (χ2n) is 11.1. The summed E-state index contributed by atoms with van der Waals surface area (Å²) in [7, 11) is 3.17. The van der Waals surface area contributed by atoms with Crippen LogP contribution in [0.4, 0.5) is 0 Å². The highest BCUT2D eigenvalue weighted by Gasteiger charge is 2.29. The number of nitrogens with one attached hydrogen (secondary N) is 1. The molecular weight excluding hydrogens is 446 g/mol. The van der Waals surface area contributed by atoms with Crippen LogP contribution in [0, 0.1) is 5.92 Å². The third kappa shape index (κ3) is 7.73. The molecule has 2 rings (SSSR count). The van der Waals surface area contributed by atoms with Gasteiger partial charge in [0.1, 0.15) is 28.5 Å². The first-order valence-corrected chi connectivity index (χ1v) is 12.0. The fraction of sp³-hybridized carbons (Fsp3) is 0.593. The van der Waals surface area contributed by atoms with Crippen LogP contribution in [0.2, 0.25) is 0 Å². The van der Waals surface area contributed by atoms with Gasteiger partial charge in [0.2, 0.25) is 0 Å². The fourth-order valence-corrected chi connectivity index (χ4v) is 3.89. The van der Waals surface area contributed by atoms with Crippen LogP contribution in [0.3, 0.4) is 0 Å². The van der Waals surface area contributed by atoms with Gasteiger partial charge in [-0.05, 0) is 72.1 Å². The highest BCUT2D eigenvalue weighted by atomic mass is 16.6. The van der Waals surface area contributed by atoms with Crippen LogP contribution in [0.15, 0.2) is 24.3 Å². The summed E-state index contributed by atoms with van der Waals surface area (Å²) < 4.78 is 18.3. The van der Waals surface area contributed by atoms with Crippen LogP contribution >= 0.6 is 0 Å². The van der Waals surface area contributed by atoms with E-state index in [1.807, 2.05) is 59.7 Å². The quantitative estimate of drug-likeness (QED) is 0.489. The summed E-state index contributed by atoms with van der Waals surface area (Å²) in [5, 5.41) is 7.82. The molecule has 1 N–H and O–H groups in total. The van der Waals surface area contributed by atoms with Crippen molar-refractivity contribution in [2.24, 2.45) is 5.92 Å². The monoisotopic (exact) mass is 487 g/mol. The predicted molar refractivity (Wildman–Crippen MR) is 137 cm³/mol. The van der Waals surface area contributed by atoms with Crippen molar-refractivity contribution in [3.05, 3.63) is 30.0 Å². The normalized spacial score (nSPS) is 12.9. The highest BCUT2D eigenvalue weighted by molar-refractivity contribution is 5.95. The maximum atomic E-state index is 13.5. The van der Waals surface area contributed by atoms with Crippen LogP contribution in [0.5, 0.6) is 11.5 Å². The molecule has 8 heteroatoms.